The van der Waals surface area contributed by atoms with E-state index in [0.717, 1.165) is 12.1 Å². The normalized spacial score (nSPS) is 10.9. The highest BCUT2D eigenvalue weighted by Crippen LogP contribution is 2.20. The molecule has 4 aromatic rings. The number of nitrogens with zero attached hydrogens (tertiary/aromatic N) is 5. The Morgan fingerprint density at radius 3 is 2.82 bits per heavy atom. The van der Waals surface area contributed by atoms with Gasteiger partial charge in [-0.3, -0.25) is 4.79 Å². The molecule has 0 aliphatic rings. The van der Waals surface area contributed by atoms with Crippen molar-refractivity contribution in [3.63, 3.8) is 0 Å². The number of nitrogens with one attached hydrogen (secondary N) is 1. The van der Waals surface area contributed by atoms with Crippen LogP contribution in [0.25, 0.3) is 16.9 Å². The molecular weight excluding hydrogens is 368 g/mol. The number of hydrogen-bond acceptors (Lipinski definition) is 6. The summed E-state index contributed by atoms with van der Waals surface area (Å²) in [6, 6.07) is 4.84. The van der Waals surface area contributed by atoms with Crippen LogP contribution in [-0.4, -0.2) is 30.5 Å². The van der Waals surface area contributed by atoms with E-state index < -0.39 is 17.5 Å². The van der Waals surface area contributed by atoms with Gasteiger partial charge in [0.1, 0.15) is 23.5 Å². The lowest BCUT2D eigenvalue weighted by Crippen LogP contribution is -2.24. The summed E-state index contributed by atoms with van der Waals surface area (Å²) in [5, 5.41) is 6.65. The van der Waals surface area contributed by atoms with E-state index in [1.807, 2.05) is 0 Å². The first-order valence-electron chi connectivity index (χ1n) is 8.15. The first-order valence-corrected chi connectivity index (χ1v) is 8.15. The molecule has 28 heavy (non-hydrogen) atoms. The average Bonchev–Trinajstić information content (AvgIpc) is 3.02. The minimum absolute atomic E-state index is 0.0237. The smallest absolute Gasteiger partial charge is 0.259 e. The molecule has 1 amide bonds. The van der Waals surface area contributed by atoms with Gasteiger partial charge in [0, 0.05) is 42.3 Å². The molecule has 140 valence electrons. The summed E-state index contributed by atoms with van der Waals surface area (Å²) in [4.78, 5) is 24.8. The number of carbonyl (C=O) groups excluding carboxylic acids is 1. The molecule has 0 aliphatic heterocycles. The highest BCUT2D eigenvalue weighted by molar-refractivity contribution is 6.04. The van der Waals surface area contributed by atoms with Crippen molar-refractivity contribution in [2.45, 2.75) is 6.54 Å². The monoisotopic (exact) mass is 381 g/mol. The van der Waals surface area contributed by atoms with Crippen LogP contribution >= 0.6 is 0 Å². The lowest BCUT2D eigenvalue weighted by Gasteiger charge is -2.06. The first kappa shape index (κ1) is 17.5. The SMILES string of the molecule is Nc1nn2cc(-c3ccncn3)cnc2c1C(=O)NCc1ccc(F)cc1F. The van der Waals surface area contributed by atoms with Crippen molar-refractivity contribution in [3.8, 4) is 11.3 Å². The zero-order valence-electron chi connectivity index (χ0n) is 14.3. The topological polar surface area (TPSA) is 111 Å². The Balaban J connectivity index is 1.61. The van der Waals surface area contributed by atoms with Crippen molar-refractivity contribution in [1.29, 1.82) is 0 Å². The highest BCUT2D eigenvalue weighted by Gasteiger charge is 2.20. The van der Waals surface area contributed by atoms with Gasteiger partial charge in [-0.15, -0.1) is 5.10 Å². The Hall–Kier alpha value is -3.95. The lowest BCUT2D eigenvalue weighted by molar-refractivity contribution is 0.0953. The number of carbonyl (C=O) groups is 1. The van der Waals surface area contributed by atoms with Crippen molar-refractivity contribution in [2.24, 2.45) is 0 Å². The number of nitrogens with two attached hydrogens (primary N) is 1. The fraction of sp³-hybridized carbons (Fsp3) is 0.0556. The second-order valence-electron chi connectivity index (χ2n) is 5.88. The number of anilines is 1. The number of amides is 1. The molecule has 3 heterocycles. The highest BCUT2D eigenvalue weighted by atomic mass is 19.1. The van der Waals surface area contributed by atoms with Gasteiger partial charge in [-0.25, -0.2) is 28.2 Å². The molecule has 0 fully saturated rings. The van der Waals surface area contributed by atoms with Crippen molar-refractivity contribution in [3.05, 3.63) is 71.9 Å². The second-order valence-corrected chi connectivity index (χ2v) is 5.88. The van der Waals surface area contributed by atoms with E-state index in [2.05, 4.69) is 25.4 Å². The molecule has 8 nitrogen and oxygen atoms in total. The van der Waals surface area contributed by atoms with Crippen LogP contribution in [0.5, 0.6) is 0 Å². The maximum absolute atomic E-state index is 13.7. The van der Waals surface area contributed by atoms with Crippen LogP contribution in [0, 0.1) is 11.6 Å². The Labute approximate surface area is 157 Å². The zero-order chi connectivity index (χ0) is 19.7. The van der Waals surface area contributed by atoms with Gasteiger partial charge in [0.25, 0.3) is 5.91 Å². The van der Waals surface area contributed by atoms with Crippen LogP contribution in [-0.2, 0) is 6.54 Å². The Morgan fingerprint density at radius 2 is 2.07 bits per heavy atom. The van der Waals surface area contributed by atoms with Crippen LogP contribution in [0.2, 0.25) is 0 Å². The van der Waals surface area contributed by atoms with E-state index in [0.29, 0.717) is 11.3 Å². The predicted octanol–water partition coefficient (Wildman–Crippen LogP) is 1.98. The molecule has 0 aliphatic carbocycles. The van der Waals surface area contributed by atoms with Gasteiger partial charge in [-0.05, 0) is 12.1 Å². The first-order chi connectivity index (χ1) is 13.5. The summed E-state index contributed by atoms with van der Waals surface area (Å²) in [5.41, 5.74) is 7.63. The van der Waals surface area contributed by atoms with E-state index >= 15 is 0 Å². The Morgan fingerprint density at radius 1 is 1.21 bits per heavy atom. The van der Waals surface area contributed by atoms with Gasteiger partial charge in [-0.2, -0.15) is 0 Å². The van der Waals surface area contributed by atoms with Crippen LogP contribution in [0.4, 0.5) is 14.6 Å². The van der Waals surface area contributed by atoms with Crippen LogP contribution in [0.1, 0.15) is 15.9 Å². The molecule has 0 spiro atoms. The number of benzene rings is 1. The lowest BCUT2D eigenvalue weighted by atomic mass is 10.2. The van der Waals surface area contributed by atoms with Crippen molar-refractivity contribution >= 4 is 17.4 Å². The number of fused-ring (bicyclic) bond motifs is 1. The molecule has 0 saturated carbocycles. The Kier molecular flexibility index (Phi) is 4.36. The minimum Gasteiger partial charge on any atom is -0.381 e. The quantitative estimate of drug-likeness (QED) is 0.559. The third-order valence-corrected chi connectivity index (χ3v) is 4.06. The molecule has 0 saturated heterocycles. The molecule has 3 aromatic heterocycles. The maximum atomic E-state index is 13.7. The number of rotatable bonds is 4. The van der Waals surface area contributed by atoms with E-state index in [9.17, 15) is 13.6 Å². The predicted molar refractivity (Wildman–Crippen MR) is 96.0 cm³/mol. The maximum Gasteiger partial charge on any atom is 0.259 e. The summed E-state index contributed by atoms with van der Waals surface area (Å²) in [7, 11) is 0. The third kappa shape index (κ3) is 3.22. The molecule has 0 atom stereocenters. The number of aromatic nitrogens is 5. The van der Waals surface area contributed by atoms with Gasteiger partial charge in [0.05, 0.1) is 5.69 Å². The summed E-state index contributed by atoms with van der Waals surface area (Å²) >= 11 is 0. The molecular formula is C18H13F2N7O. The number of hydrogen-bond donors (Lipinski definition) is 2. The van der Waals surface area contributed by atoms with Crippen LogP contribution < -0.4 is 11.1 Å². The molecule has 4 rings (SSSR count). The van der Waals surface area contributed by atoms with E-state index in [-0.39, 0.29) is 29.1 Å². The van der Waals surface area contributed by atoms with Crippen molar-refractivity contribution in [1.82, 2.24) is 29.9 Å². The third-order valence-electron chi connectivity index (χ3n) is 4.06. The average molecular weight is 381 g/mol. The van der Waals surface area contributed by atoms with Gasteiger partial charge in [-0.1, -0.05) is 6.07 Å². The summed E-state index contributed by atoms with van der Waals surface area (Å²) in [6.07, 6.45) is 6.18. The fourth-order valence-corrected chi connectivity index (χ4v) is 2.69. The second kappa shape index (κ2) is 6.99. The summed E-state index contributed by atoms with van der Waals surface area (Å²) in [5.74, 6) is -2.04. The molecule has 10 heteroatoms. The standard InChI is InChI=1S/C18H13F2N7O/c19-12-2-1-10(13(20)5-12)6-24-18(28)15-16(21)26-27-8-11(7-23-17(15)27)14-3-4-22-9-25-14/h1-5,7-9H,6H2,(H2,21,26)(H,24,28). The zero-order valence-corrected chi connectivity index (χ0v) is 14.3. The molecule has 0 radical (unpaired) electrons. The van der Waals surface area contributed by atoms with Crippen LogP contribution in [0.3, 0.4) is 0 Å². The van der Waals surface area contributed by atoms with Gasteiger partial charge >= 0.3 is 0 Å². The summed E-state index contributed by atoms with van der Waals surface area (Å²) in [6.45, 7) is -0.138. The molecule has 0 unspecified atom stereocenters. The summed E-state index contributed by atoms with van der Waals surface area (Å²) < 4.78 is 28.1. The fourth-order valence-electron chi connectivity index (χ4n) is 2.69. The van der Waals surface area contributed by atoms with Crippen molar-refractivity contribution in [2.75, 3.05) is 5.73 Å². The van der Waals surface area contributed by atoms with E-state index in [1.165, 1.54) is 23.1 Å². The van der Waals surface area contributed by atoms with E-state index in [4.69, 9.17) is 5.73 Å². The number of halogens is 2. The van der Waals surface area contributed by atoms with E-state index in [1.54, 1.807) is 18.5 Å². The minimum atomic E-state index is -0.749. The Bertz CT molecular complexity index is 1180. The van der Waals surface area contributed by atoms with Gasteiger partial charge in [0.15, 0.2) is 11.5 Å². The molecule has 0 bridgehead atoms. The van der Waals surface area contributed by atoms with Gasteiger partial charge < -0.3 is 11.1 Å². The molecule has 3 N–H and O–H groups in total. The largest absolute Gasteiger partial charge is 0.381 e. The van der Waals surface area contributed by atoms with Gasteiger partial charge in [0.2, 0.25) is 0 Å². The molecule has 1 aromatic carbocycles. The van der Waals surface area contributed by atoms with Crippen molar-refractivity contribution < 1.29 is 13.6 Å². The number of nitrogen functional groups attached to an aromatic ring is 1. The van der Waals surface area contributed by atoms with Crippen LogP contribution in [0.15, 0.2) is 49.2 Å².